The van der Waals surface area contributed by atoms with Crippen molar-refractivity contribution in [3.8, 4) is 0 Å². The van der Waals surface area contributed by atoms with Gasteiger partial charge in [0.25, 0.3) is 0 Å². The van der Waals surface area contributed by atoms with Crippen molar-refractivity contribution in [1.82, 2.24) is 5.32 Å². The quantitative estimate of drug-likeness (QED) is 0.778. The Morgan fingerprint density at radius 1 is 1.42 bits per heavy atom. The molecule has 0 radical (unpaired) electrons. The number of benzene rings is 1. The van der Waals surface area contributed by atoms with Gasteiger partial charge in [-0.15, -0.1) is 0 Å². The summed E-state index contributed by atoms with van der Waals surface area (Å²) in [6.45, 7) is 1.58. The molecule has 1 unspecified atom stereocenters. The minimum Gasteiger partial charge on any atom is -0.478 e. The first-order valence-corrected chi connectivity index (χ1v) is 9.46. The number of hydrogen-bond donors (Lipinski definition) is 2. The molecule has 0 bridgehead atoms. The van der Waals surface area contributed by atoms with E-state index in [4.69, 9.17) is 0 Å². The minimum atomic E-state index is -3.67. The third-order valence-corrected chi connectivity index (χ3v) is 6.35. The topological polar surface area (TPSA) is 83.5 Å². The van der Waals surface area contributed by atoms with E-state index in [0.29, 0.717) is 17.0 Å². The van der Waals surface area contributed by atoms with Crippen molar-refractivity contribution in [1.29, 1.82) is 0 Å². The first-order valence-electron chi connectivity index (χ1n) is 7.02. The van der Waals surface area contributed by atoms with Gasteiger partial charge in [0.1, 0.15) is 5.82 Å². The van der Waals surface area contributed by atoms with Crippen LogP contribution in [0.5, 0.6) is 0 Å². The van der Waals surface area contributed by atoms with Crippen molar-refractivity contribution in [2.75, 3.05) is 5.75 Å². The molecule has 2 aliphatic rings. The Balaban J connectivity index is 2.31. The molecule has 126 valence electrons. The summed E-state index contributed by atoms with van der Waals surface area (Å²) in [7, 11) is -3.67. The smallest absolute Gasteiger partial charge is 0.334 e. The number of sulfone groups is 1. The van der Waals surface area contributed by atoms with E-state index in [1.807, 2.05) is 0 Å². The van der Waals surface area contributed by atoms with Gasteiger partial charge < -0.3 is 10.4 Å². The summed E-state index contributed by atoms with van der Waals surface area (Å²) in [4.78, 5) is 11.8. The summed E-state index contributed by atoms with van der Waals surface area (Å²) in [5, 5.41) is 12.5. The van der Waals surface area contributed by atoms with E-state index >= 15 is 0 Å². The van der Waals surface area contributed by atoms with Crippen LogP contribution in [-0.2, 0) is 14.6 Å². The number of dihydropyridines is 1. The Hall–Kier alpha value is -1.93. The number of carbonyl (C=O) groups is 1. The molecular weight excluding hydrogens is 401 g/mol. The molecule has 8 heteroatoms. The van der Waals surface area contributed by atoms with Crippen LogP contribution < -0.4 is 5.32 Å². The van der Waals surface area contributed by atoms with E-state index < -0.39 is 27.5 Å². The fourth-order valence-corrected chi connectivity index (χ4v) is 4.97. The first kappa shape index (κ1) is 16.9. The molecule has 24 heavy (non-hydrogen) atoms. The van der Waals surface area contributed by atoms with Gasteiger partial charge in [-0.1, -0.05) is 12.1 Å². The molecule has 0 fully saturated rings. The number of rotatable bonds is 2. The van der Waals surface area contributed by atoms with Gasteiger partial charge in [0, 0.05) is 5.70 Å². The minimum absolute atomic E-state index is 0.00603. The molecule has 0 spiro atoms. The van der Waals surface area contributed by atoms with Gasteiger partial charge >= 0.3 is 5.97 Å². The number of aliphatic carboxylic acids is 1. The molecule has 0 saturated heterocycles. The molecule has 5 nitrogen and oxygen atoms in total. The average molecular weight is 414 g/mol. The van der Waals surface area contributed by atoms with Crippen LogP contribution in [0.25, 0.3) is 0 Å². The van der Waals surface area contributed by atoms with Crippen LogP contribution in [0.15, 0.2) is 56.7 Å². The SMILES string of the molecule is CC1=C(C(=O)O)C(c2ccc(F)c(Br)c2)C2=C(C=CCS2(=O)=O)N1. The largest absolute Gasteiger partial charge is 0.478 e. The monoisotopic (exact) mass is 413 g/mol. The molecule has 2 heterocycles. The average Bonchev–Trinajstić information content (AvgIpc) is 2.48. The zero-order valence-electron chi connectivity index (χ0n) is 12.5. The highest BCUT2D eigenvalue weighted by atomic mass is 79.9. The fourth-order valence-electron chi connectivity index (χ4n) is 2.98. The lowest BCUT2D eigenvalue weighted by Gasteiger charge is -2.32. The Bertz CT molecular complexity index is 947. The van der Waals surface area contributed by atoms with Crippen molar-refractivity contribution in [3.63, 3.8) is 0 Å². The molecule has 0 amide bonds. The molecule has 0 saturated carbocycles. The van der Waals surface area contributed by atoms with Crippen LogP contribution in [-0.4, -0.2) is 25.2 Å². The van der Waals surface area contributed by atoms with Crippen molar-refractivity contribution < 1.29 is 22.7 Å². The summed E-state index contributed by atoms with van der Waals surface area (Å²) in [6.07, 6.45) is 3.14. The predicted octanol–water partition coefficient (Wildman–Crippen LogP) is 2.83. The van der Waals surface area contributed by atoms with Crippen molar-refractivity contribution >= 4 is 31.7 Å². The summed E-state index contributed by atoms with van der Waals surface area (Å²) in [5.41, 5.74) is 1.04. The van der Waals surface area contributed by atoms with Gasteiger partial charge in [-0.2, -0.15) is 0 Å². The number of carboxylic acids is 1. The molecule has 1 atom stereocenters. The number of halogens is 2. The molecule has 0 aromatic heterocycles. The maximum atomic E-state index is 13.6. The predicted molar refractivity (Wildman–Crippen MR) is 90.3 cm³/mol. The van der Waals surface area contributed by atoms with Crippen LogP contribution in [0.2, 0.25) is 0 Å². The van der Waals surface area contributed by atoms with Gasteiger partial charge in [-0.3, -0.25) is 0 Å². The van der Waals surface area contributed by atoms with Crippen LogP contribution in [0.3, 0.4) is 0 Å². The number of allylic oxidation sites excluding steroid dienone is 3. The highest BCUT2D eigenvalue weighted by Crippen LogP contribution is 2.43. The van der Waals surface area contributed by atoms with Crippen LogP contribution in [0.1, 0.15) is 18.4 Å². The number of nitrogens with one attached hydrogen (secondary N) is 1. The van der Waals surface area contributed by atoms with Crippen LogP contribution in [0, 0.1) is 5.82 Å². The van der Waals surface area contributed by atoms with Crippen molar-refractivity contribution in [2.24, 2.45) is 0 Å². The lowest BCUT2D eigenvalue weighted by atomic mass is 9.86. The van der Waals surface area contributed by atoms with Gasteiger partial charge in [-0.05, 0) is 46.6 Å². The maximum Gasteiger partial charge on any atom is 0.334 e. The molecule has 2 N–H and O–H groups in total. The van der Waals surface area contributed by atoms with Crippen molar-refractivity contribution in [2.45, 2.75) is 12.8 Å². The number of carboxylic acid groups (broad SMARTS) is 1. The second kappa shape index (κ2) is 5.86. The second-order valence-electron chi connectivity index (χ2n) is 5.54. The summed E-state index contributed by atoms with van der Waals surface area (Å²) in [6, 6.07) is 4.01. The molecule has 0 aliphatic carbocycles. The summed E-state index contributed by atoms with van der Waals surface area (Å²) >= 11 is 3.07. The second-order valence-corrected chi connectivity index (χ2v) is 8.39. The molecule has 1 aromatic rings. The first-order chi connectivity index (χ1) is 11.2. The van der Waals surface area contributed by atoms with Gasteiger partial charge in [0.2, 0.25) is 0 Å². The molecule has 3 rings (SSSR count). The van der Waals surface area contributed by atoms with E-state index in [9.17, 15) is 22.7 Å². The van der Waals surface area contributed by atoms with Crippen LogP contribution >= 0.6 is 15.9 Å². The highest BCUT2D eigenvalue weighted by molar-refractivity contribution is 9.10. The summed E-state index contributed by atoms with van der Waals surface area (Å²) < 4.78 is 38.9. The Labute approximate surface area is 146 Å². The normalized spacial score (nSPS) is 22.2. The standard InChI is InChI=1S/C16H13BrFNO4S/c1-8-13(16(20)21)14(9-4-5-11(18)10(17)7-9)15-12(19-8)3-2-6-24(15,22)23/h2-5,7,14,19H,6H2,1H3,(H,20,21). The fraction of sp³-hybridized carbons (Fsp3) is 0.188. The van der Waals surface area contributed by atoms with Gasteiger partial charge in [-0.25, -0.2) is 17.6 Å². The van der Waals surface area contributed by atoms with Gasteiger partial charge in [0.15, 0.2) is 9.84 Å². The zero-order chi connectivity index (χ0) is 17.6. The molecular formula is C16H13BrFNO4S. The highest BCUT2D eigenvalue weighted by Gasteiger charge is 2.40. The van der Waals surface area contributed by atoms with E-state index in [2.05, 4.69) is 21.2 Å². The molecule has 2 aliphatic heterocycles. The Morgan fingerprint density at radius 2 is 2.12 bits per heavy atom. The van der Waals surface area contributed by atoms with Crippen LogP contribution in [0.4, 0.5) is 4.39 Å². The lowest BCUT2D eigenvalue weighted by molar-refractivity contribution is -0.133. The Kier molecular flexibility index (Phi) is 4.13. The van der Waals surface area contributed by atoms with E-state index in [1.54, 1.807) is 13.0 Å². The molecule has 1 aromatic carbocycles. The van der Waals surface area contributed by atoms with E-state index in [0.717, 1.165) is 0 Å². The van der Waals surface area contributed by atoms with E-state index in [-0.39, 0.29) is 20.7 Å². The van der Waals surface area contributed by atoms with E-state index in [1.165, 1.54) is 24.3 Å². The summed E-state index contributed by atoms with van der Waals surface area (Å²) in [5.74, 6) is -2.92. The Morgan fingerprint density at radius 3 is 2.75 bits per heavy atom. The lowest BCUT2D eigenvalue weighted by Crippen LogP contribution is -2.33. The third-order valence-electron chi connectivity index (χ3n) is 3.99. The zero-order valence-corrected chi connectivity index (χ0v) is 14.9. The third kappa shape index (κ3) is 2.69. The van der Waals surface area contributed by atoms with Crippen molar-refractivity contribution in [3.05, 3.63) is 68.1 Å². The number of hydrogen-bond acceptors (Lipinski definition) is 4. The van der Waals surface area contributed by atoms with Gasteiger partial charge in [0.05, 0.1) is 32.3 Å². The maximum absolute atomic E-state index is 13.6.